The van der Waals surface area contributed by atoms with Crippen molar-refractivity contribution < 1.29 is 17.6 Å². The van der Waals surface area contributed by atoms with Gasteiger partial charge in [0.2, 0.25) is 15.9 Å². The summed E-state index contributed by atoms with van der Waals surface area (Å²) >= 11 is 0. The highest BCUT2D eigenvalue weighted by Crippen LogP contribution is 2.30. The molecule has 1 aliphatic rings. The van der Waals surface area contributed by atoms with Crippen LogP contribution in [0.1, 0.15) is 32.6 Å². The van der Waals surface area contributed by atoms with E-state index in [1.54, 1.807) is 0 Å². The number of benzene rings is 1. The number of carbonyl (C=O) groups is 1. The molecule has 0 aromatic heterocycles. The summed E-state index contributed by atoms with van der Waals surface area (Å²) in [5.74, 6) is -0.478. The average Bonchev–Trinajstić information content (AvgIpc) is 2.38. The quantitative estimate of drug-likeness (QED) is 0.896. The number of carbonyl (C=O) groups excluding carboxylic acids is 1. The predicted molar refractivity (Wildman–Crippen MR) is 77.5 cm³/mol. The van der Waals surface area contributed by atoms with Crippen LogP contribution >= 0.6 is 0 Å². The van der Waals surface area contributed by atoms with E-state index in [2.05, 4.69) is 12.2 Å². The summed E-state index contributed by atoms with van der Waals surface area (Å²) in [5, 5.41) is 7.58. The summed E-state index contributed by atoms with van der Waals surface area (Å²) in [6.45, 7) is 2.14. The lowest BCUT2D eigenvalue weighted by atomic mass is 9.82. The first-order valence-corrected chi connectivity index (χ1v) is 8.45. The van der Waals surface area contributed by atoms with Gasteiger partial charge in [-0.05, 0) is 49.8 Å². The zero-order valence-corrected chi connectivity index (χ0v) is 12.6. The van der Waals surface area contributed by atoms with E-state index < -0.39 is 15.8 Å². The van der Waals surface area contributed by atoms with Gasteiger partial charge in [-0.1, -0.05) is 6.92 Å². The molecule has 0 heterocycles. The Morgan fingerprint density at radius 3 is 2.48 bits per heavy atom. The molecule has 116 valence electrons. The molecule has 1 saturated carbocycles. The Kier molecular flexibility index (Phi) is 4.63. The van der Waals surface area contributed by atoms with Crippen molar-refractivity contribution in [3.8, 4) is 0 Å². The summed E-state index contributed by atoms with van der Waals surface area (Å²) < 4.78 is 36.2. The summed E-state index contributed by atoms with van der Waals surface area (Å²) in [7, 11) is -4.02. The fourth-order valence-electron chi connectivity index (χ4n) is 2.61. The van der Waals surface area contributed by atoms with Crippen molar-refractivity contribution in [3.63, 3.8) is 0 Å². The first-order valence-electron chi connectivity index (χ1n) is 6.90. The third-order valence-corrected chi connectivity index (χ3v) is 4.86. The molecule has 0 bridgehead atoms. The number of nitrogens with two attached hydrogens (primary N) is 1. The Bertz CT molecular complexity index is 638. The van der Waals surface area contributed by atoms with Gasteiger partial charge in [0.25, 0.3) is 0 Å². The molecule has 1 amide bonds. The van der Waals surface area contributed by atoms with Gasteiger partial charge in [-0.3, -0.25) is 4.79 Å². The maximum atomic E-state index is 13.3. The second-order valence-electron chi connectivity index (χ2n) is 5.63. The number of hydrogen-bond donors (Lipinski definition) is 2. The standard InChI is InChI=1S/C14H19FN2O3S/c1-9-2-4-10(5-3-9)14(18)17-12-8-11(15)6-7-13(12)21(16,19)20/h6-10H,2-5H2,1H3,(H,17,18)(H2,16,19,20). The first kappa shape index (κ1) is 15.9. The van der Waals surface area contributed by atoms with Crippen molar-refractivity contribution in [2.75, 3.05) is 5.32 Å². The highest BCUT2D eigenvalue weighted by Gasteiger charge is 2.26. The van der Waals surface area contributed by atoms with Crippen LogP contribution in [0.15, 0.2) is 23.1 Å². The monoisotopic (exact) mass is 314 g/mol. The summed E-state index contributed by atoms with van der Waals surface area (Å²) in [6.07, 6.45) is 3.44. The molecule has 3 N–H and O–H groups in total. The normalized spacial score (nSPS) is 22.8. The van der Waals surface area contributed by atoms with Gasteiger partial charge < -0.3 is 5.32 Å². The number of hydrogen-bond acceptors (Lipinski definition) is 3. The van der Waals surface area contributed by atoms with Crippen LogP contribution in [-0.4, -0.2) is 14.3 Å². The van der Waals surface area contributed by atoms with E-state index in [4.69, 9.17) is 5.14 Å². The number of nitrogens with one attached hydrogen (secondary N) is 1. The van der Waals surface area contributed by atoms with Gasteiger partial charge in [0.1, 0.15) is 10.7 Å². The molecule has 1 aliphatic carbocycles. The van der Waals surface area contributed by atoms with Crippen LogP contribution in [0.5, 0.6) is 0 Å². The lowest BCUT2D eigenvalue weighted by Crippen LogP contribution is -2.27. The van der Waals surface area contributed by atoms with Crippen molar-refractivity contribution >= 4 is 21.6 Å². The van der Waals surface area contributed by atoms with Crippen LogP contribution < -0.4 is 10.5 Å². The summed E-state index contributed by atoms with van der Waals surface area (Å²) in [6, 6.07) is 3.03. The number of amides is 1. The Labute approximate surface area is 123 Å². The smallest absolute Gasteiger partial charge is 0.240 e. The highest BCUT2D eigenvalue weighted by molar-refractivity contribution is 7.89. The van der Waals surface area contributed by atoms with E-state index in [9.17, 15) is 17.6 Å². The van der Waals surface area contributed by atoms with E-state index in [-0.39, 0.29) is 22.4 Å². The molecule has 5 nitrogen and oxygen atoms in total. The predicted octanol–water partition coefficient (Wildman–Crippen LogP) is 2.24. The zero-order chi connectivity index (χ0) is 15.6. The van der Waals surface area contributed by atoms with Crippen molar-refractivity contribution in [2.45, 2.75) is 37.5 Å². The second kappa shape index (κ2) is 6.11. The first-order chi connectivity index (χ1) is 9.77. The molecule has 1 aromatic rings. The lowest BCUT2D eigenvalue weighted by molar-refractivity contribution is -0.121. The zero-order valence-electron chi connectivity index (χ0n) is 11.8. The number of rotatable bonds is 3. The molecule has 0 aliphatic heterocycles. The third kappa shape index (κ3) is 4.01. The minimum Gasteiger partial charge on any atom is -0.325 e. The van der Waals surface area contributed by atoms with Gasteiger partial charge in [-0.2, -0.15) is 0 Å². The van der Waals surface area contributed by atoms with Crippen LogP contribution in [0.4, 0.5) is 10.1 Å². The van der Waals surface area contributed by atoms with E-state index in [0.717, 1.165) is 43.9 Å². The van der Waals surface area contributed by atoms with E-state index >= 15 is 0 Å². The van der Waals surface area contributed by atoms with Crippen LogP contribution in [0, 0.1) is 17.7 Å². The van der Waals surface area contributed by atoms with Gasteiger partial charge in [0.15, 0.2) is 0 Å². The van der Waals surface area contributed by atoms with Crippen LogP contribution in [0.3, 0.4) is 0 Å². The van der Waals surface area contributed by atoms with Crippen LogP contribution in [0.2, 0.25) is 0 Å². The van der Waals surface area contributed by atoms with Crippen molar-refractivity contribution in [1.82, 2.24) is 0 Å². The topological polar surface area (TPSA) is 89.3 Å². The van der Waals surface area contributed by atoms with Gasteiger partial charge >= 0.3 is 0 Å². The molecule has 0 saturated heterocycles. The molecular weight excluding hydrogens is 295 g/mol. The molecule has 2 rings (SSSR count). The Hall–Kier alpha value is -1.47. The summed E-state index contributed by atoms with van der Waals surface area (Å²) in [5.41, 5.74) is -0.0962. The fourth-order valence-corrected chi connectivity index (χ4v) is 3.28. The molecule has 7 heteroatoms. The van der Waals surface area contributed by atoms with E-state index in [0.29, 0.717) is 5.92 Å². The summed E-state index contributed by atoms with van der Waals surface area (Å²) in [4.78, 5) is 11.9. The largest absolute Gasteiger partial charge is 0.325 e. The van der Waals surface area contributed by atoms with Crippen molar-refractivity contribution in [2.24, 2.45) is 17.0 Å². The number of sulfonamides is 1. The Balaban J connectivity index is 2.19. The molecule has 0 spiro atoms. The molecule has 1 aromatic carbocycles. The van der Waals surface area contributed by atoms with Gasteiger partial charge in [0.05, 0.1) is 5.69 Å². The minimum atomic E-state index is -4.02. The van der Waals surface area contributed by atoms with Crippen molar-refractivity contribution in [3.05, 3.63) is 24.0 Å². The van der Waals surface area contributed by atoms with Crippen LogP contribution in [-0.2, 0) is 14.8 Å². The number of halogens is 1. The molecule has 1 fully saturated rings. The van der Waals surface area contributed by atoms with E-state index in [1.165, 1.54) is 0 Å². The maximum Gasteiger partial charge on any atom is 0.240 e. The molecule has 0 unspecified atom stereocenters. The maximum absolute atomic E-state index is 13.3. The molecular formula is C14H19FN2O3S. The van der Waals surface area contributed by atoms with Crippen molar-refractivity contribution in [1.29, 1.82) is 0 Å². The second-order valence-corrected chi connectivity index (χ2v) is 7.16. The molecule has 0 atom stereocenters. The fraction of sp³-hybridized carbons (Fsp3) is 0.500. The van der Waals surface area contributed by atoms with Gasteiger partial charge in [-0.25, -0.2) is 17.9 Å². The molecule has 0 radical (unpaired) electrons. The Morgan fingerprint density at radius 2 is 1.90 bits per heavy atom. The Morgan fingerprint density at radius 1 is 1.29 bits per heavy atom. The molecule has 21 heavy (non-hydrogen) atoms. The number of primary sulfonamides is 1. The van der Waals surface area contributed by atoms with Crippen LogP contribution in [0.25, 0.3) is 0 Å². The van der Waals surface area contributed by atoms with Gasteiger partial charge in [-0.15, -0.1) is 0 Å². The minimum absolute atomic E-state index is 0.0962. The average molecular weight is 314 g/mol. The van der Waals surface area contributed by atoms with E-state index in [1.807, 2.05) is 0 Å². The highest BCUT2D eigenvalue weighted by atomic mass is 32.2. The SMILES string of the molecule is CC1CCC(C(=O)Nc2cc(F)ccc2S(N)(=O)=O)CC1. The lowest BCUT2D eigenvalue weighted by Gasteiger charge is -2.25. The van der Waals surface area contributed by atoms with Gasteiger partial charge in [0, 0.05) is 5.92 Å². The third-order valence-electron chi connectivity index (χ3n) is 3.89. The number of anilines is 1.